The SMILES string of the molecule is COC1=C(CC(C)C)C(=O)C2=C(C1=O)[C@H](CO)[C@@]1(O)[C@@H]3[C@H](CN21)N3C. The van der Waals surface area contributed by atoms with Crippen LogP contribution in [0.25, 0.3) is 0 Å². The van der Waals surface area contributed by atoms with Crippen LogP contribution in [0.4, 0.5) is 0 Å². The maximum atomic E-state index is 13.2. The van der Waals surface area contributed by atoms with Gasteiger partial charge in [0, 0.05) is 23.7 Å². The van der Waals surface area contributed by atoms with Crippen molar-refractivity contribution in [3.05, 3.63) is 22.6 Å². The number of piperazine rings is 1. The Morgan fingerprint density at radius 3 is 2.56 bits per heavy atom. The number of likely N-dealkylation sites (N-methyl/N-ethyl adjacent to an activating group) is 1. The van der Waals surface area contributed by atoms with E-state index in [-0.39, 0.29) is 46.6 Å². The first-order valence-electron chi connectivity index (χ1n) is 8.72. The summed E-state index contributed by atoms with van der Waals surface area (Å²) in [5.74, 6) is -1.19. The van der Waals surface area contributed by atoms with Crippen molar-refractivity contribution in [1.29, 1.82) is 0 Å². The topological polar surface area (TPSA) is 90.1 Å². The van der Waals surface area contributed by atoms with Crippen molar-refractivity contribution in [3.63, 3.8) is 0 Å². The summed E-state index contributed by atoms with van der Waals surface area (Å²) in [7, 11) is 3.29. The number of aliphatic hydroxyl groups is 2. The molecule has 0 aromatic rings. The van der Waals surface area contributed by atoms with Gasteiger partial charge >= 0.3 is 0 Å². The summed E-state index contributed by atoms with van der Waals surface area (Å²) < 4.78 is 5.28. The Balaban J connectivity index is 1.83. The summed E-state index contributed by atoms with van der Waals surface area (Å²) in [6, 6.07) is -0.0206. The molecule has 2 fully saturated rings. The minimum Gasteiger partial charge on any atom is -0.492 e. The molecule has 0 spiro atoms. The van der Waals surface area contributed by atoms with E-state index in [1.54, 1.807) is 4.90 Å². The second-order valence-electron chi connectivity index (χ2n) is 7.84. The van der Waals surface area contributed by atoms with E-state index in [1.165, 1.54) is 7.11 Å². The van der Waals surface area contributed by atoms with Crippen molar-refractivity contribution < 1.29 is 24.5 Å². The van der Waals surface area contributed by atoms with Crippen LogP contribution in [0, 0.1) is 11.8 Å². The van der Waals surface area contributed by atoms with Gasteiger partial charge in [-0.3, -0.25) is 14.5 Å². The number of rotatable bonds is 4. The number of carbonyl (C=O) groups is 2. The van der Waals surface area contributed by atoms with Crippen LogP contribution in [0.3, 0.4) is 0 Å². The van der Waals surface area contributed by atoms with Gasteiger partial charge < -0.3 is 19.8 Å². The number of fused-ring (bicyclic) bond motifs is 4. The van der Waals surface area contributed by atoms with Gasteiger partial charge in [-0.25, -0.2) is 0 Å². The molecule has 25 heavy (non-hydrogen) atoms. The fourth-order valence-corrected chi connectivity index (χ4v) is 4.95. The zero-order valence-electron chi connectivity index (χ0n) is 14.9. The summed E-state index contributed by atoms with van der Waals surface area (Å²) in [5, 5.41) is 21.3. The van der Waals surface area contributed by atoms with Gasteiger partial charge in [0.2, 0.25) is 11.6 Å². The lowest BCUT2D eigenvalue weighted by molar-refractivity contribution is -0.126. The maximum absolute atomic E-state index is 13.2. The van der Waals surface area contributed by atoms with Crippen molar-refractivity contribution in [2.45, 2.75) is 38.1 Å². The predicted octanol–water partition coefficient (Wildman–Crippen LogP) is -0.352. The first-order valence-corrected chi connectivity index (χ1v) is 8.72. The number of hydrogen-bond donors (Lipinski definition) is 2. The number of carbonyl (C=O) groups excluding carboxylic acids is 2. The highest BCUT2D eigenvalue weighted by Gasteiger charge is 2.74. The van der Waals surface area contributed by atoms with E-state index in [0.717, 1.165) is 0 Å². The van der Waals surface area contributed by atoms with Crippen LogP contribution >= 0.6 is 0 Å². The van der Waals surface area contributed by atoms with E-state index in [2.05, 4.69) is 0 Å². The van der Waals surface area contributed by atoms with E-state index >= 15 is 0 Å². The first kappa shape index (κ1) is 16.8. The van der Waals surface area contributed by atoms with Crippen LogP contribution in [-0.2, 0) is 14.3 Å². The minimum atomic E-state index is -1.41. The van der Waals surface area contributed by atoms with Gasteiger partial charge in [0.15, 0.2) is 11.5 Å². The Morgan fingerprint density at radius 1 is 1.32 bits per heavy atom. The summed E-state index contributed by atoms with van der Waals surface area (Å²) in [5.41, 5.74) is -0.561. The molecule has 0 amide bonds. The number of nitrogens with zero attached hydrogens (tertiary/aromatic N) is 2. The van der Waals surface area contributed by atoms with E-state index < -0.39 is 18.2 Å². The van der Waals surface area contributed by atoms with Gasteiger partial charge in [0.1, 0.15) is 0 Å². The van der Waals surface area contributed by atoms with E-state index in [0.29, 0.717) is 18.5 Å². The molecule has 136 valence electrons. The molecule has 0 saturated carbocycles. The largest absolute Gasteiger partial charge is 0.492 e. The molecular weight excluding hydrogens is 324 g/mol. The number of hydrogen-bond acceptors (Lipinski definition) is 7. The number of allylic oxidation sites excluding steroid dienone is 2. The summed E-state index contributed by atoms with van der Waals surface area (Å²) in [6.07, 6.45) is 0.438. The Bertz CT molecular complexity index is 740. The molecular formula is C18H24N2O5. The van der Waals surface area contributed by atoms with Crippen molar-refractivity contribution in [2.24, 2.45) is 11.8 Å². The van der Waals surface area contributed by atoms with Crippen molar-refractivity contribution in [3.8, 4) is 0 Å². The number of aliphatic hydroxyl groups excluding tert-OH is 1. The predicted molar refractivity (Wildman–Crippen MR) is 88.1 cm³/mol. The van der Waals surface area contributed by atoms with Gasteiger partial charge in [-0.15, -0.1) is 0 Å². The number of methoxy groups -OCH3 is 1. The molecule has 0 aromatic carbocycles. The fraction of sp³-hybridized carbons (Fsp3) is 0.667. The van der Waals surface area contributed by atoms with Crippen molar-refractivity contribution in [1.82, 2.24) is 9.80 Å². The zero-order chi connectivity index (χ0) is 18.3. The van der Waals surface area contributed by atoms with Gasteiger partial charge in [-0.05, 0) is 19.4 Å². The van der Waals surface area contributed by atoms with Gasteiger partial charge in [0.25, 0.3) is 0 Å². The van der Waals surface area contributed by atoms with Crippen LogP contribution in [0.2, 0.25) is 0 Å². The second kappa shape index (κ2) is 5.16. The Labute approximate surface area is 146 Å². The van der Waals surface area contributed by atoms with E-state index in [9.17, 15) is 19.8 Å². The molecule has 7 nitrogen and oxygen atoms in total. The Kier molecular flexibility index (Phi) is 3.45. The normalized spacial score (nSPS) is 39.2. The first-order chi connectivity index (χ1) is 11.8. The van der Waals surface area contributed by atoms with Gasteiger partial charge in [-0.1, -0.05) is 13.8 Å². The minimum absolute atomic E-state index is 0.0568. The monoisotopic (exact) mass is 348 g/mol. The highest BCUT2D eigenvalue weighted by molar-refractivity contribution is 6.25. The summed E-state index contributed by atoms with van der Waals surface area (Å²) in [6.45, 7) is 4.05. The molecule has 3 aliphatic heterocycles. The molecule has 4 rings (SSSR count). The molecule has 7 heteroatoms. The smallest absolute Gasteiger partial charge is 0.226 e. The molecule has 1 unspecified atom stereocenters. The number of Topliss-reactive ketones (excluding diaryl/α,β-unsaturated/α-hetero) is 2. The molecule has 1 aliphatic carbocycles. The molecule has 0 radical (unpaired) electrons. The van der Waals surface area contributed by atoms with Gasteiger partial charge in [-0.2, -0.15) is 0 Å². The van der Waals surface area contributed by atoms with Crippen molar-refractivity contribution in [2.75, 3.05) is 27.3 Å². The quantitative estimate of drug-likeness (QED) is 0.530. The highest BCUT2D eigenvalue weighted by Crippen LogP contribution is 2.57. The third-order valence-corrected chi connectivity index (χ3v) is 6.07. The summed E-state index contributed by atoms with van der Waals surface area (Å²) >= 11 is 0. The summed E-state index contributed by atoms with van der Waals surface area (Å²) in [4.78, 5) is 30.0. The van der Waals surface area contributed by atoms with Crippen LogP contribution in [0.5, 0.6) is 0 Å². The molecule has 2 saturated heterocycles. The molecule has 5 atom stereocenters. The molecule has 4 aliphatic rings. The third kappa shape index (κ3) is 1.86. The van der Waals surface area contributed by atoms with Crippen LogP contribution in [-0.4, -0.2) is 76.7 Å². The average Bonchev–Trinajstić information content (AvgIpc) is 2.95. The standard InChI is InChI=1S/C18H24N2O5/c1-8(2)5-9-14(22)13-12(15(23)16(9)25-4)10(7-21)18(24)17-11(19(17)3)6-20(13)18/h8,10-11,17,21,24H,5-7H2,1-4H3/t10-,11-,17-,18+,19?/m0/s1. The lowest BCUT2D eigenvalue weighted by Gasteiger charge is -2.37. The van der Waals surface area contributed by atoms with Crippen LogP contribution in [0.1, 0.15) is 20.3 Å². The lowest BCUT2D eigenvalue weighted by Crippen LogP contribution is -2.53. The average molecular weight is 348 g/mol. The Hall–Kier alpha value is -1.70. The highest BCUT2D eigenvalue weighted by atomic mass is 16.5. The molecule has 0 bridgehead atoms. The fourth-order valence-electron chi connectivity index (χ4n) is 4.95. The van der Waals surface area contributed by atoms with Crippen LogP contribution < -0.4 is 0 Å². The van der Waals surface area contributed by atoms with E-state index in [4.69, 9.17) is 4.74 Å². The molecule has 0 aromatic heterocycles. The van der Waals surface area contributed by atoms with Gasteiger partial charge in [0.05, 0.1) is 31.4 Å². The Morgan fingerprint density at radius 2 is 2.00 bits per heavy atom. The second-order valence-corrected chi connectivity index (χ2v) is 7.84. The molecule has 2 N–H and O–H groups in total. The number of ketones is 2. The van der Waals surface area contributed by atoms with Crippen molar-refractivity contribution >= 4 is 11.6 Å². The van der Waals surface area contributed by atoms with E-state index in [1.807, 2.05) is 25.8 Å². The lowest BCUT2D eigenvalue weighted by atomic mass is 9.81. The zero-order valence-corrected chi connectivity index (χ0v) is 14.9. The maximum Gasteiger partial charge on any atom is 0.226 e. The van der Waals surface area contributed by atoms with Crippen LogP contribution in [0.15, 0.2) is 22.6 Å². The third-order valence-electron chi connectivity index (χ3n) is 6.07. The number of ether oxygens (including phenoxy) is 1. The molecule has 3 heterocycles.